The van der Waals surface area contributed by atoms with Crippen LogP contribution in [0.4, 0.5) is 11.4 Å². The van der Waals surface area contributed by atoms with Crippen molar-refractivity contribution in [2.24, 2.45) is 4.99 Å². The lowest BCUT2D eigenvalue weighted by Crippen LogP contribution is -2.20. The molecule has 4 rings (SSSR count). The van der Waals surface area contributed by atoms with E-state index in [1.807, 2.05) is 39.0 Å². The third-order valence-electron chi connectivity index (χ3n) is 5.64. The molecule has 10 nitrogen and oxygen atoms in total. The molecule has 2 aromatic rings. The Kier molecular flexibility index (Phi) is 5.21. The number of allylic oxidation sites excluding steroid dienone is 3. The number of aryl methyl sites for hydroxylation is 1. The Morgan fingerprint density at radius 2 is 1.61 bits per heavy atom. The summed E-state index contributed by atoms with van der Waals surface area (Å²) in [5, 5.41) is 34.9. The van der Waals surface area contributed by atoms with E-state index in [0.29, 0.717) is 16.8 Å². The van der Waals surface area contributed by atoms with Crippen LogP contribution in [0.2, 0.25) is 0 Å². The average molecular weight is 446 g/mol. The zero-order chi connectivity index (χ0) is 24.0. The number of hydrogen-bond donors (Lipinski definition) is 0. The number of nitrogens with zero attached hydrogens (tertiary/aromatic N) is 4. The molecule has 2 aliphatic carbocycles. The second-order valence-corrected chi connectivity index (χ2v) is 8.05. The van der Waals surface area contributed by atoms with Crippen molar-refractivity contribution in [3.05, 3.63) is 112 Å². The van der Waals surface area contributed by atoms with E-state index in [1.54, 1.807) is 0 Å². The van der Waals surface area contributed by atoms with Gasteiger partial charge in [-0.15, -0.1) is 0 Å². The Balaban J connectivity index is 2.00. The highest BCUT2D eigenvalue weighted by molar-refractivity contribution is 6.28. The van der Waals surface area contributed by atoms with Gasteiger partial charge in [-0.25, -0.2) is 4.99 Å². The monoisotopic (exact) mass is 446 g/mol. The van der Waals surface area contributed by atoms with Gasteiger partial charge in [-0.1, -0.05) is 26.0 Å². The molecule has 0 bridgehead atoms. The maximum Gasteiger partial charge on any atom is 0.302 e. The zero-order valence-corrected chi connectivity index (χ0v) is 17.9. The predicted molar refractivity (Wildman–Crippen MR) is 122 cm³/mol. The van der Waals surface area contributed by atoms with Crippen LogP contribution in [0.3, 0.4) is 0 Å². The van der Waals surface area contributed by atoms with Crippen LogP contribution in [-0.2, 0) is 0 Å². The predicted octanol–water partition coefficient (Wildman–Crippen LogP) is 5.36. The highest BCUT2D eigenvalue weighted by atomic mass is 16.6. The first kappa shape index (κ1) is 21.8. The SMILES string of the molecule is Cc1ccc(C(C)C)cc1N=C1C2=Cc3cc([N+](=O)[O-])ccc3C2=C([N+](=O)[O-])C=C1[N+](=O)[O-]. The number of non-ortho nitro benzene ring substituents is 1. The highest BCUT2D eigenvalue weighted by Gasteiger charge is 2.41. The first-order chi connectivity index (χ1) is 15.6. The minimum Gasteiger partial charge on any atom is -0.258 e. The molecule has 0 saturated heterocycles. The van der Waals surface area contributed by atoms with E-state index in [4.69, 9.17) is 0 Å². The molecule has 0 saturated carbocycles. The molecule has 0 aliphatic heterocycles. The molecule has 0 radical (unpaired) electrons. The molecule has 0 heterocycles. The van der Waals surface area contributed by atoms with Crippen LogP contribution in [0.25, 0.3) is 11.6 Å². The van der Waals surface area contributed by atoms with Crippen LogP contribution in [-0.4, -0.2) is 20.5 Å². The van der Waals surface area contributed by atoms with Gasteiger partial charge in [0.1, 0.15) is 5.71 Å². The summed E-state index contributed by atoms with van der Waals surface area (Å²) in [6.45, 7) is 5.85. The number of hydrogen-bond acceptors (Lipinski definition) is 7. The summed E-state index contributed by atoms with van der Waals surface area (Å²) in [6.07, 6.45) is 2.39. The lowest BCUT2D eigenvalue weighted by molar-refractivity contribution is -0.428. The number of rotatable bonds is 5. The Morgan fingerprint density at radius 3 is 2.21 bits per heavy atom. The summed E-state index contributed by atoms with van der Waals surface area (Å²) in [5.74, 6) is 0.202. The van der Waals surface area contributed by atoms with E-state index >= 15 is 0 Å². The van der Waals surface area contributed by atoms with E-state index in [-0.39, 0.29) is 28.5 Å². The molecule has 0 spiro atoms. The van der Waals surface area contributed by atoms with Gasteiger partial charge in [0.15, 0.2) is 0 Å². The standard InChI is InChI=1S/C23H18N4O6/c1-12(2)14-5-4-13(3)19(10-14)24-23-18-9-15-8-16(25(28)29)6-7-17(15)22(18)20(26(30)31)11-21(23)27(32)33/h4-12H,1-3H3. The average Bonchev–Trinajstić information content (AvgIpc) is 3.13. The molecular weight excluding hydrogens is 428 g/mol. The molecule has 0 amide bonds. The van der Waals surface area contributed by atoms with E-state index in [1.165, 1.54) is 24.3 Å². The minimum atomic E-state index is -0.701. The maximum atomic E-state index is 11.9. The molecule has 0 unspecified atom stereocenters. The van der Waals surface area contributed by atoms with Gasteiger partial charge >= 0.3 is 5.70 Å². The fourth-order valence-corrected chi connectivity index (χ4v) is 3.88. The molecule has 2 aliphatic rings. The van der Waals surface area contributed by atoms with Crippen molar-refractivity contribution < 1.29 is 14.8 Å². The minimum absolute atomic E-state index is 0.0246. The van der Waals surface area contributed by atoms with Gasteiger partial charge in [0.05, 0.1) is 32.1 Å². The van der Waals surface area contributed by atoms with Gasteiger partial charge in [0.2, 0.25) is 0 Å². The summed E-state index contributed by atoms with van der Waals surface area (Å²) >= 11 is 0. The molecule has 166 valence electrons. The Morgan fingerprint density at radius 1 is 0.879 bits per heavy atom. The quantitative estimate of drug-likeness (QED) is 0.447. The van der Waals surface area contributed by atoms with E-state index in [0.717, 1.165) is 17.2 Å². The van der Waals surface area contributed by atoms with Crippen LogP contribution in [0, 0.1) is 37.3 Å². The largest absolute Gasteiger partial charge is 0.302 e. The summed E-state index contributed by atoms with van der Waals surface area (Å²) in [6, 6.07) is 9.62. The number of nitro groups is 3. The van der Waals surface area contributed by atoms with Crippen LogP contribution < -0.4 is 0 Å². The number of aliphatic imine (C=N–C) groups is 1. The van der Waals surface area contributed by atoms with Gasteiger partial charge in [-0.3, -0.25) is 30.3 Å². The van der Waals surface area contributed by atoms with Gasteiger partial charge < -0.3 is 0 Å². The second-order valence-electron chi connectivity index (χ2n) is 8.05. The van der Waals surface area contributed by atoms with E-state index in [9.17, 15) is 30.3 Å². The number of fused-ring (bicyclic) bond motifs is 3. The Hall–Kier alpha value is -4.47. The molecule has 10 heteroatoms. The number of nitro benzene ring substituents is 1. The Labute approximate surface area is 187 Å². The summed E-state index contributed by atoms with van der Waals surface area (Å²) < 4.78 is 0. The fourth-order valence-electron chi connectivity index (χ4n) is 3.88. The normalized spacial score (nSPS) is 15.8. The van der Waals surface area contributed by atoms with Gasteiger partial charge in [0.25, 0.3) is 11.4 Å². The second kappa shape index (κ2) is 7.90. The zero-order valence-electron chi connectivity index (χ0n) is 17.9. The molecule has 2 aromatic carbocycles. The van der Waals surface area contributed by atoms with Crippen LogP contribution >= 0.6 is 0 Å². The number of benzene rings is 2. The smallest absolute Gasteiger partial charge is 0.258 e. The molecule has 33 heavy (non-hydrogen) atoms. The van der Waals surface area contributed by atoms with Crippen LogP contribution in [0.15, 0.2) is 64.4 Å². The first-order valence-corrected chi connectivity index (χ1v) is 10.0. The van der Waals surface area contributed by atoms with Crippen molar-refractivity contribution >= 4 is 28.7 Å². The fraction of sp³-hybridized carbons (Fsp3) is 0.174. The summed E-state index contributed by atoms with van der Waals surface area (Å²) in [4.78, 5) is 37.5. The van der Waals surface area contributed by atoms with Crippen LogP contribution in [0.1, 0.15) is 42.0 Å². The maximum absolute atomic E-state index is 11.9. The summed E-state index contributed by atoms with van der Waals surface area (Å²) in [5.41, 5.74) is 2.23. The van der Waals surface area contributed by atoms with Crippen molar-refractivity contribution in [2.45, 2.75) is 26.7 Å². The lowest BCUT2D eigenvalue weighted by atomic mass is 9.91. The van der Waals surface area contributed by atoms with Gasteiger partial charge in [-0.2, -0.15) is 0 Å². The summed E-state index contributed by atoms with van der Waals surface area (Å²) in [7, 11) is 0. The molecule has 0 aromatic heterocycles. The third kappa shape index (κ3) is 3.71. The third-order valence-corrected chi connectivity index (χ3v) is 5.64. The molecule has 0 N–H and O–H groups in total. The highest BCUT2D eigenvalue weighted by Crippen LogP contribution is 2.44. The van der Waals surface area contributed by atoms with Crippen molar-refractivity contribution in [3.63, 3.8) is 0 Å². The van der Waals surface area contributed by atoms with Crippen LogP contribution in [0.5, 0.6) is 0 Å². The topological polar surface area (TPSA) is 142 Å². The van der Waals surface area contributed by atoms with Crippen molar-refractivity contribution in [1.82, 2.24) is 0 Å². The van der Waals surface area contributed by atoms with Crippen molar-refractivity contribution in [2.75, 3.05) is 0 Å². The van der Waals surface area contributed by atoms with E-state index < -0.39 is 26.2 Å². The van der Waals surface area contributed by atoms with E-state index in [2.05, 4.69) is 4.99 Å². The first-order valence-electron chi connectivity index (χ1n) is 10.0. The molecule has 0 atom stereocenters. The molecular formula is C23H18N4O6. The Bertz CT molecular complexity index is 1380. The molecule has 0 fully saturated rings. The van der Waals surface area contributed by atoms with Crippen molar-refractivity contribution in [1.29, 1.82) is 0 Å². The lowest BCUT2D eigenvalue weighted by Gasteiger charge is -2.15. The van der Waals surface area contributed by atoms with Gasteiger partial charge in [-0.05, 0) is 53.3 Å². The van der Waals surface area contributed by atoms with Gasteiger partial charge in [0, 0.05) is 17.7 Å². The van der Waals surface area contributed by atoms with Crippen molar-refractivity contribution in [3.8, 4) is 0 Å².